The predicted molar refractivity (Wildman–Crippen MR) is 101 cm³/mol. The van der Waals surface area contributed by atoms with Crippen molar-refractivity contribution < 1.29 is 4.79 Å². The number of urea groups is 1. The molecule has 0 aliphatic carbocycles. The Bertz CT molecular complexity index is 284. The summed E-state index contributed by atoms with van der Waals surface area (Å²) in [5, 5.41) is 9.69. The molecule has 0 saturated carbocycles. The van der Waals surface area contributed by atoms with Crippen molar-refractivity contribution in [3.63, 3.8) is 0 Å². The lowest BCUT2D eigenvalue weighted by atomic mass is 9.82. The summed E-state index contributed by atoms with van der Waals surface area (Å²) >= 11 is 0. The molecular weight excluding hydrogens is 286 g/mol. The van der Waals surface area contributed by atoms with Gasteiger partial charge in [0.1, 0.15) is 0 Å². The largest absolute Gasteiger partial charge is 0.338 e. The molecule has 0 aromatic rings. The van der Waals surface area contributed by atoms with E-state index in [2.05, 4.69) is 43.6 Å². The zero-order valence-corrected chi connectivity index (χ0v) is 16.2. The minimum atomic E-state index is -0.0418. The lowest BCUT2D eigenvalue weighted by molar-refractivity contribution is 0.214. The number of nitrogens with one attached hydrogen (secondary N) is 3. The Labute approximate surface area is 144 Å². The van der Waals surface area contributed by atoms with E-state index in [1.54, 1.807) is 0 Å². The molecule has 23 heavy (non-hydrogen) atoms. The van der Waals surface area contributed by atoms with E-state index in [9.17, 15) is 4.79 Å². The molecule has 0 radical (unpaired) electrons. The molecule has 0 heterocycles. The number of hydrogen-bond donors (Lipinski definition) is 3. The van der Waals surface area contributed by atoms with Crippen molar-refractivity contribution in [2.24, 2.45) is 11.8 Å². The molecule has 0 aliphatic heterocycles. The highest BCUT2D eigenvalue weighted by molar-refractivity contribution is 5.73. The summed E-state index contributed by atoms with van der Waals surface area (Å²) in [6.07, 6.45) is 8.59. The van der Waals surface area contributed by atoms with Crippen LogP contribution in [0.3, 0.4) is 0 Å². The highest BCUT2D eigenvalue weighted by Crippen LogP contribution is 2.24. The van der Waals surface area contributed by atoms with Gasteiger partial charge in [-0.25, -0.2) is 4.79 Å². The minimum Gasteiger partial charge on any atom is -0.338 e. The van der Waals surface area contributed by atoms with Gasteiger partial charge in [-0.1, -0.05) is 59.8 Å². The second-order valence-electron chi connectivity index (χ2n) is 6.55. The maximum absolute atomic E-state index is 11.7. The first-order chi connectivity index (χ1) is 11.1. The van der Waals surface area contributed by atoms with E-state index < -0.39 is 0 Å². The molecule has 0 bridgehead atoms. The van der Waals surface area contributed by atoms with Gasteiger partial charge in [-0.05, 0) is 38.1 Å². The molecule has 0 aromatic carbocycles. The maximum atomic E-state index is 11.7. The molecule has 0 fully saturated rings. The van der Waals surface area contributed by atoms with Crippen LogP contribution in [0.1, 0.15) is 79.6 Å². The van der Waals surface area contributed by atoms with Gasteiger partial charge in [0.05, 0.1) is 0 Å². The molecule has 0 rings (SSSR count). The van der Waals surface area contributed by atoms with Gasteiger partial charge in [0, 0.05) is 19.1 Å². The molecular formula is C19H41N3O. The SMILES string of the molecule is CCCCNC(C(CC)CCCC)C(CC)CNC(=O)NCC. The van der Waals surface area contributed by atoms with E-state index in [-0.39, 0.29) is 6.03 Å². The van der Waals surface area contributed by atoms with Crippen LogP contribution >= 0.6 is 0 Å². The molecule has 3 unspecified atom stereocenters. The van der Waals surface area contributed by atoms with Crippen LogP contribution in [-0.2, 0) is 0 Å². The van der Waals surface area contributed by atoms with E-state index in [0.29, 0.717) is 24.4 Å². The van der Waals surface area contributed by atoms with Crippen molar-refractivity contribution in [1.82, 2.24) is 16.0 Å². The number of carbonyl (C=O) groups is 1. The molecule has 3 N–H and O–H groups in total. The van der Waals surface area contributed by atoms with Crippen LogP contribution in [0.4, 0.5) is 4.79 Å². The molecule has 4 heteroatoms. The van der Waals surface area contributed by atoms with E-state index in [1.807, 2.05) is 6.92 Å². The average Bonchev–Trinajstić information content (AvgIpc) is 2.55. The van der Waals surface area contributed by atoms with Gasteiger partial charge in [-0.2, -0.15) is 0 Å². The van der Waals surface area contributed by atoms with Crippen LogP contribution in [0.25, 0.3) is 0 Å². The van der Waals surface area contributed by atoms with Gasteiger partial charge < -0.3 is 16.0 Å². The van der Waals surface area contributed by atoms with E-state index >= 15 is 0 Å². The summed E-state index contributed by atoms with van der Waals surface area (Å²) in [6.45, 7) is 13.5. The van der Waals surface area contributed by atoms with Gasteiger partial charge in [0.25, 0.3) is 0 Å². The topological polar surface area (TPSA) is 53.2 Å². The zero-order chi connectivity index (χ0) is 17.5. The monoisotopic (exact) mass is 327 g/mol. The molecule has 0 spiro atoms. The summed E-state index contributed by atoms with van der Waals surface area (Å²) in [5.74, 6) is 1.20. The van der Waals surface area contributed by atoms with Crippen LogP contribution in [0.2, 0.25) is 0 Å². The molecule has 3 atom stereocenters. The number of carbonyl (C=O) groups excluding carboxylic acids is 1. The van der Waals surface area contributed by atoms with Crippen LogP contribution in [-0.4, -0.2) is 31.7 Å². The fourth-order valence-corrected chi connectivity index (χ4v) is 3.24. The molecule has 0 aliphatic rings. The van der Waals surface area contributed by atoms with Gasteiger partial charge >= 0.3 is 6.03 Å². The lowest BCUT2D eigenvalue weighted by Crippen LogP contribution is -2.48. The number of hydrogen-bond acceptors (Lipinski definition) is 2. The number of amides is 2. The first-order valence-electron chi connectivity index (χ1n) is 9.89. The van der Waals surface area contributed by atoms with Crippen molar-refractivity contribution in [3.05, 3.63) is 0 Å². The third-order valence-electron chi connectivity index (χ3n) is 4.77. The summed E-state index contributed by atoms with van der Waals surface area (Å²) in [5.41, 5.74) is 0. The van der Waals surface area contributed by atoms with Gasteiger partial charge in [-0.15, -0.1) is 0 Å². The fourth-order valence-electron chi connectivity index (χ4n) is 3.24. The molecule has 2 amide bonds. The lowest BCUT2D eigenvalue weighted by Gasteiger charge is -2.34. The van der Waals surface area contributed by atoms with Crippen LogP contribution in [0.5, 0.6) is 0 Å². The highest BCUT2D eigenvalue weighted by atomic mass is 16.2. The third kappa shape index (κ3) is 9.85. The van der Waals surface area contributed by atoms with Crippen molar-refractivity contribution >= 4 is 6.03 Å². The third-order valence-corrected chi connectivity index (χ3v) is 4.77. The normalized spacial score (nSPS) is 15.0. The summed E-state index contributed by atoms with van der Waals surface area (Å²) < 4.78 is 0. The zero-order valence-electron chi connectivity index (χ0n) is 16.2. The minimum absolute atomic E-state index is 0.0418. The van der Waals surface area contributed by atoms with E-state index in [1.165, 1.54) is 38.5 Å². The molecule has 138 valence electrons. The summed E-state index contributed by atoms with van der Waals surface area (Å²) in [6, 6.07) is 0.463. The number of rotatable bonds is 14. The highest BCUT2D eigenvalue weighted by Gasteiger charge is 2.27. The fraction of sp³-hybridized carbons (Fsp3) is 0.947. The number of unbranched alkanes of at least 4 members (excludes halogenated alkanes) is 2. The first kappa shape index (κ1) is 22.2. The predicted octanol–water partition coefficient (Wildman–Crippen LogP) is 4.31. The van der Waals surface area contributed by atoms with Gasteiger partial charge in [-0.3, -0.25) is 0 Å². The van der Waals surface area contributed by atoms with Crippen LogP contribution in [0.15, 0.2) is 0 Å². The van der Waals surface area contributed by atoms with Crippen LogP contribution < -0.4 is 16.0 Å². The van der Waals surface area contributed by atoms with Gasteiger partial charge in [0.15, 0.2) is 0 Å². The Morgan fingerprint density at radius 1 is 0.870 bits per heavy atom. The second-order valence-corrected chi connectivity index (χ2v) is 6.55. The van der Waals surface area contributed by atoms with Gasteiger partial charge in [0.2, 0.25) is 0 Å². The van der Waals surface area contributed by atoms with Crippen molar-refractivity contribution in [2.45, 2.75) is 85.6 Å². The quantitative estimate of drug-likeness (QED) is 0.416. The first-order valence-corrected chi connectivity index (χ1v) is 9.89. The smallest absolute Gasteiger partial charge is 0.314 e. The summed E-state index contributed by atoms with van der Waals surface area (Å²) in [7, 11) is 0. The van der Waals surface area contributed by atoms with E-state index in [0.717, 1.165) is 19.5 Å². The standard InChI is InChI=1S/C19H41N3O/c1-6-11-13-16(8-3)18(21-14-12-7-2)17(9-4)15-22-19(23)20-10-5/h16-18,21H,6-15H2,1-5H3,(H2,20,22,23). The molecule has 0 saturated heterocycles. The maximum Gasteiger partial charge on any atom is 0.314 e. The Morgan fingerprint density at radius 2 is 1.52 bits per heavy atom. The Hall–Kier alpha value is -0.770. The Kier molecular flexibility index (Phi) is 14.3. The Morgan fingerprint density at radius 3 is 2.04 bits per heavy atom. The molecule has 0 aromatic heterocycles. The summed E-state index contributed by atoms with van der Waals surface area (Å²) in [4.78, 5) is 11.7. The van der Waals surface area contributed by atoms with E-state index in [4.69, 9.17) is 0 Å². The second kappa shape index (κ2) is 14.8. The molecule has 4 nitrogen and oxygen atoms in total. The van der Waals surface area contributed by atoms with Crippen LogP contribution in [0, 0.1) is 11.8 Å². The van der Waals surface area contributed by atoms with Crippen molar-refractivity contribution in [2.75, 3.05) is 19.6 Å². The Balaban J connectivity index is 4.76. The average molecular weight is 328 g/mol. The van der Waals surface area contributed by atoms with Crippen molar-refractivity contribution in [1.29, 1.82) is 0 Å². The van der Waals surface area contributed by atoms with Crippen molar-refractivity contribution in [3.8, 4) is 0 Å².